The van der Waals surface area contributed by atoms with Gasteiger partial charge in [0.15, 0.2) is 0 Å². The number of nitrogens with one attached hydrogen (secondary N) is 1. The Bertz CT molecular complexity index is 446. The second-order valence-electron chi connectivity index (χ2n) is 7.09. The molecule has 1 N–H and O–H groups in total. The van der Waals surface area contributed by atoms with Crippen molar-refractivity contribution < 1.29 is 0 Å². The largest absolute Gasteiger partial charge is 0.370 e. The SMILES string of the molecule is CCCNc1cc(N(C)CC(C)(C)C)nc(C2CC2)n1. The van der Waals surface area contributed by atoms with E-state index in [1.807, 2.05) is 0 Å². The normalized spacial score (nSPS) is 15.2. The van der Waals surface area contributed by atoms with Crippen LogP contribution in [-0.2, 0) is 0 Å². The first-order valence-corrected chi connectivity index (χ1v) is 7.73. The van der Waals surface area contributed by atoms with Gasteiger partial charge in [0.05, 0.1) is 0 Å². The fourth-order valence-corrected chi connectivity index (χ4v) is 2.31. The summed E-state index contributed by atoms with van der Waals surface area (Å²) in [5.74, 6) is 3.61. The molecule has 2 rings (SSSR count). The molecule has 0 atom stereocenters. The Morgan fingerprint density at radius 1 is 1.30 bits per heavy atom. The molecule has 0 unspecified atom stereocenters. The van der Waals surface area contributed by atoms with Gasteiger partial charge in [-0.1, -0.05) is 27.7 Å². The summed E-state index contributed by atoms with van der Waals surface area (Å²) in [6, 6.07) is 2.08. The van der Waals surface area contributed by atoms with Crippen molar-refractivity contribution in [3.8, 4) is 0 Å². The summed E-state index contributed by atoms with van der Waals surface area (Å²) in [5, 5.41) is 3.40. The molecule has 1 saturated carbocycles. The molecule has 0 aromatic carbocycles. The third-order valence-electron chi connectivity index (χ3n) is 3.33. The fourth-order valence-electron chi connectivity index (χ4n) is 2.31. The van der Waals surface area contributed by atoms with Gasteiger partial charge >= 0.3 is 0 Å². The van der Waals surface area contributed by atoms with E-state index in [1.54, 1.807) is 0 Å². The monoisotopic (exact) mass is 276 g/mol. The lowest BCUT2D eigenvalue weighted by atomic mass is 9.96. The molecule has 1 aliphatic rings. The van der Waals surface area contributed by atoms with Gasteiger partial charge in [-0.25, -0.2) is 9.97 Å². The molecule has 1 heterocycles. The third kappa shape index (κ3) is 4.36. The van der Waals surface area contributed by atoms with E-state index in [-0.39, 0.29) is 5.41 Å². The van der Waals surface area contributed by atoms with E-state index in [1.165, 1.54) is 12.8 Å². The van der Waals surface area contributed by atoms with Gasteiger partial charge in [0, 0.05) is 32.1 Å². The number of aromatic nitrogens is 2. The highest BCUT2D eigenvalue weighted by Crippen LogP contribution is 2.39. The average Bonchev–Trinajstić information content (AvgIpc) is 3.18. The smallest absolute Gasteiger partial charge is 0.136 e. The van der Waals surface area contributed by atoms with Gasteiger partial charge in [-0.05, 0) is 24.7 Å². The Morgan fingerprint density at radius 3 is 2.55 bits per heavy atom. The third-order valence-corrected chi connectivity index (χ3v) is 3.33. The van der Waals surface area contributed by atoms with Crippen LogP contribution in [0, 0.1) is 5.41 Å². The topological polar surface area (TPSA) is 41.0 Å². The van der Waals surface area contributed by atoms with Crippen molar-refractivity contribution in [2.24, 2.45) is 5.41 Å². The van der Waals surface area contributed by atoms with Crippen molar-refractivity contribution in [1.29, 1.82) is 0 Å². The number of hydrogen-bond acceptors (Lipinski definition) is 4. The molecular formula is C16H28N4. The van der Waals surface area contributed by atoms with Crippen LogP contribution in [0.3, 0.4) is 0 Å². The van der Waals surface area contributed by atoms with E-state index in [0.717, 1.165) is 37.0 Å². The minimum atomic E-state index is 0.260. The maximum Gasteiger partial charge on any atom is 0.136 e. The number of anilines is 2. The zero-order valence-corrected chi connectivity index (χ0v) is 13.5. The van der Waals surface area contributed by atoms with Crippen LogP contribution in [0.25, 0.3) is 0 Å². The second-order valence-corrected chi connectivity index (χ2v) is 7.09. The van der Waals surface area contributed by atoms with Crippen LogP contribution in [-0.4, -0.2) is 30.1 Å². The molecule has 4 nitrogen and oxygen atoms in total. The van der Waals surface area contributed by atoms with Crippen molar-refractivity contribution in [3.05, 3.63) is 11.9 Å². The Labute approximate surface area is 123 Å². The fraction of sp³-hybridized carbons (Fsp3) is 0.750. The summed E-state index contributed by atoms with van der Waals surface area (Å²) in [5.41, 5.74) is 0.260. The summed E-state index contributed by atoms with van der Waals surface area (Å²) in [6.45, 7) is 10.9. The molecule has 1 aliphatic carbocycles. The quantitative estimate of drug-likeness (QED) is 0.861. The molecule has 0 amide bonds. The Kier molecular flexibility index (Phi) is 4.51. The van der Waals surface area contributed by atoms with Gasteiger partial charge in [-0.2, -0.15) is 0 Å². The first kappa shape index (κ1) is 15.1. The molecule has 112 valence electrons. The molecule has 1 aromatic rings. The molecule has 0 bridgehead atoms. The van der Waals surface area contributed by atoms with Gasteiger partial charge < -0.3 is 10.2 Å². The van der Waals surface area contributed by atoms with Gasteiger partial charge in [-0.15, -0.1) is 0 Å². The Balaban J connectivity index is 2.19. The van der Waals surface area contributed by atoms with Crippen LogP contribution in [0.5, 0.6) is 0 Å². The maximum atomic E-state index is 4.76. The summed E-state index contributed by atoms with van der Waals surface area (Å²) in [6.07, 6.45) is 3.58. The van der Waals surface area contributed by atoms with E-state index >= 15 is 0 Å². The standard InChI is InChI=1S/C16H28N4/c1-6-9-17-13-10-14(20(5)11-16(2,3)4)19-15(18-13)12-7-8-12/h10,12H,6-9,11H2,1-5H3,(H,17,18,19). The second kappa shape index (κ2) is 5.98. The molecule has 0 radical (unpaired) electrons. The van der Waals surface area contributed by atoms with E-state index in [0.29, 0.717) is 5.92 Å². The first-order valence-electron chi connectivity index (χ1n) is 7.73. The van der Waals surface area contributed by atoms with E-state index in [9.17, 15) is 0 Å². The predicted molar refractivity (Wildman–Crippen MR) is 85.5 cm³/mol. The van der Waals surface area contributed by atoms with Gasteiger partial charge in [0.1, 0.15) is 17.5 Å². The lowest BCUT2D eigenvalue weighted by molar-refractivity contribution is 0.417. The van der Waals surface area contributed by atoms with E-state index in [4.69, 9.17) is 4.98 Å². The van der Waals surface area contributed by atoms with Crippen LogP contribution >= 0.6 is 0 Å². The van der Waals surface area contributed by atoms with Crippen LogP contribution in [0.15, 0.2) is 6.07 Å². The first-order chi connectivity index (χ1) is 9.39. The van der Waals surface area contributed by atoms with Crippen LogP contribution in [0.4, 0.5) is 11.6 Å². The summed E-state index contributed by atoms with van der Waals surface area (Å²) < 4.78 is 0. The van der Waals surface area contributed by atoms with E-state index in [2.05, 4.69) is 56.0 Å². The minimum absolute atomic E-state index is 0.260. The molecule has 1 fully saturated rings. The Hall–Kier alpha value is -1.32. The van der Waals surface area contributed by atoms with E-state index < -0.39 is 0 Å². The van der Waals surface area contributed by atoms with Crippen LogP contribution in [0.1, 0.15) is 58.7 Å². The zero-order chi connectivity index (χ0) is 14.8. The molecule has 0 aliphatic heterocycles. The summed E-state index contributed by atoms with van der Waals surface area (Å²) in [7, 11) is 2.12. The number of rotatable bonds is 6. The molecule has 20 heavy (non-hydrogen) atoms. The molecule has 1 aromatic heterocycles. The summed E-state index contributed by atoms with van der Waals surface area (Å²) >= 11 is 0. The number of hydrogen-bond donors (Lipinski definition) is 1. The minimum Gasteiger partial charge on any atom is -0.370 e. The van der Waals surface area contributed by atoms with Crippen molar-refractivity contribution in [1.82, 2.24) is 9.97 Å². The molecular weight excluding hydrogens is 248 g/mol. The highest BCUT2D eigenvalue weighted by molar-refractivity contribution is 5.49. The van der Waals surface area contributed by atoms with Crippen molar-refractivity contribution >= 4 is 11.6 Å². The lowest BCUT2D eigenvalue weighted by Crippen LogP contribution is -2.30. The van der Waals surface area contributed by atoms with Gasteiger partial charge in [-0.3, -0.25) is 0 Å². The predicted octanol–water partition coefficient (Wildman–Crippen LogP) is 3.66. The summed E-state index contributed by atoms with van der Waals surface area (Å²) in [4.78, 5) is 11.7. The lowest BCUT2D eigenvalue weighted by Gasteiger charge is -2.28. The van der Waals surface area contributed by atoms with Crippen molar-refractivity contribution in [2.45, 2.75) is 52.9 Å². The zero-order valence-electron chi connectivity index (χ0n) is 13.5. The van der Waals surface area contributed by atoms with Gasteiger partial charge in [0.2, 0.25) is 0 Å². The Morgan fingerprint density at radius 2 is 2.00 bits per heavy atom. The van der Waals surface area contributed by atoms with Crippen molar-refractivity contribution in [3.63, 3.8) is 0 Å². The average molecular weight is 276 g/mol. The van der Waals surface area contributed by atoms with Gasteiger partial charge in [0.25, 0.3) is 0 Å². The number of nitrogens with zero attached hydrogens (tertiary/aromatic N) is 3. The molecule has 0 spiro atoms. The molecule has 4 heteroatoms. The van der Waals surface area contributed by atoms with Crippen LogP contribution < -0.4 is 10.2 Å². The van der Waals surface area contributed by atoms with Crippen LogP contribution in [0.2, 0.25) is 0 Å². The molecule has 0 saturated heterocycles. The maximum absolute atomic E-state index is 4.76. The van der Waals surface area contributed by atoms with Crippen molar-refractivity contribution in [2.75, 3.05) is 30.4 Å². The highest BCUT2D eigenvalue weighted by atomic mass is 15.2. The highest BCUT2D eigenvalue weighted by Gasteiger charge is 2.28.